The molecule has 74 valence electrons. The van der Waals surface area contributed by atoms with E-state index >= 15 is 0 Å². The van der Waals surface area contributed by atoms with Crippen LogP contribution in [0.25, 0.3) is 0 Å². The fourth-order valence-electron chi connectivity index (χ4n) is 0.911. The van der Waals surface area contributed by atoms with Gasteiger partial charge in [0.1, 0.15) is 5.60 Å². The topological polar surface area (TPSA) is 26.3 Å². The molecule has 0 N–H and O–H groups in total. The summed E-state index contributed by atoms with van der Waals surface area (Å²) in [5.74, 6) is -0.270. The van der Waals surface area contributed by atoms with Crippen molar-refractivity contribution >= 4 is 29.0 Å². The van der Waals surface area contributed by atoms with Crippen molar-refractivity contribution in [1.29, 1.82) is 0 Å². The van der Waals surface area contributed by atoms with Crippen LogP contribution in [0.5, 0.6) is 0 Å². The summed E-state index contributed by atoms with van der Waals surface area (Å²) in [4.78, 5) is 11.4. The Morgan fingerprint density at radius 3 is 2.14 bits per heavy atom. The minimum atomic E-state index is -0.424. The first-order valence-electron chi connectivity index (χ1n) is 4.27. The van der Waals surface area contributed by atoms with Gasteiger partial charge in [-0.1, -0.05) is 18.2 Å². The van der Waals surface area contributed by atoms with Crippen LogP contribution in [0.15, 0.2) is 30.3 Å². The molecule has 0 amide bonds. The number of rotatable bonds is 1. The summed E-state index contributed by atoms with van der Waals surface area (Å²) in [6.45, 7) is 5.56. The first-order valence-corrected chi connectivity index (χ1v) is 4.27. The maximum atomic E-state index is 11.4. The van der Waals surface area contributed by atoms with Crippen molar-refractivity contribution in [2.24, 2.45) is 0 Å². The minimum Gasteiger partial charge on any atom is -1.00 e. The van der Waals surface area contributed by atoms with E-state index in [0.29, 0.717) is 5.56 Å². The van der Waals surface area contributed by atoms with E-state index in [1.54, 1.807) is 12.1 Å². The van der Waals surface area contributed by atoms with Gasteiger partial charge in [-0.3, -0.25) is 0 Å². The van der Waals surface area contributed by atoms with E-state index in [4.69, 9.17) is 4.74 Å². The monoisotopic (exact) mass is 204 g/mol. The summed E-state index contributed by atoms with van der Waals surface area (Å²) < 4.78 is 5.18. The molecule has 0 saturated heterocycles. The fourth-order valence-corrected chi connectivity index (χ4v) is 0.911. The maximum absolute atomic E-state index is 11.4. The van der Waals surface area contributed by atoms with E-state index in [0.717, 1.165) is 0 Å². The Morgan fingerprint density at radius 2 is 1.71 bits per heavy atom. The van der Waals surface area contributed by atoms with Crippen LogP contribution in [0.1, 0.15) is 34.0 Å². The van der Waals surface area contributed by atoms with Gasteiger partial charge in [0, 0.05) is 0 Å². The summed E-state index contributed by atoms with van der Waals surface area (Å²) in [6.07, 6.45) is 0. The van der Waals surface area contributed by atoms with Gasteiger partial charge >= 0.3 is 29.0 Å². The molecule has 3 heteroatoms. The van der Waals surface area contributed by atoms with E-state index < -0.39 is 5.60 Å². The molecule has 0 aliphatic rings. The molecule has 0 atom stereocenters. The molecule has 0 radical (unpaired) electrons. The molecule has 2 nitrogen and oxygen atoms in total. The molecule has 14 heavy (non-hydrogen) atoms. The van der Waals surface area contributed by atoms with Crippen LogP contribution in [0.3, 0.4) is 0 Å². The second kappa shape index (κ2) is 5.36. The second-order valence-corrected chi connectivity index (χ2v) is 3.87. The molecule has 0 spiro atoms. The van der Waals surface area contributed by atoms with Crippen molar-refractivity contribution in [3.8, 4) is 0 Å². The molecule has 1 rings (SSSR count). The Labute approximate surface area is 104 Å². The van der Waals surface area contributed by atoms with Crippen LogP contribution in [0.2, 0.25) is 0 Å². The average Bonchev–Trinajstić information content (AvgIpc) is 2.03. The number of carbonyl (C=O) groups is 1. The normalized spacial score (nSPS) is 10.2. The Kier molecular flexibility index (Phi) is 5.16. The Balaban J connectivity index is -0.000000563. The van der Waals surface area contributed by atoms with Gasteiger partial charge in [0.05, 0.1) is 5.56 Å². The molecule has 0 unspecified atom stereocenters. The Morgan fingerprint density at radius 1 is 1.21 bits per heavy atom. The van der Waals surface area contributed by atoms with Crippen LogP contribution in [0.4, 0.5) is 0 Å². The third kappa shape index (κ3) is 4.63. The van der Waals surface area contributed by atoms with Gasteiger partial charge in [0.2, 0.25) is 0 Å². The number of carbonyl (C=O) groups excluding carboxylic acids is 1. The zero-order valence-corrected chi connectivity index (χ0v) is 10.3. The van der Waals surface area contributed by atoms with Crippen LogP contribution >= 0.6 is 0 Å². The SMILES string of the molecule is CC(C)(C)OC(=O)c1ccccc1.[H-].[H-].[Mg+2]. The van der Waals surface area contributed by atoms with Crippen molar-refractivity contribution in [3.05, 3.63) is 35.9 Å². The van der Waals surface area contributed by atoms with Gasteiger partial charge < -0.3 is 7.59 Å². The number of hydrogen-bond acceptors (Lipinski definition) is 2. The van der Waals surface area contributed by atoms with Crippen molar-refractivity contribution in [2.45, 2.75) is 26.4 Å². The smallest absolute Gasteiger partial charge is 1.00 e. The second-order valence-electron chi connectivity index (χ2n) is 3.87. The predicted octanol–water partition coefficient (Wildman–Crippen LogP) is 2.49. The first-order chi connectivity index (χ1) is 5.99. The van der Waals surface area contributed by atoms with Gasteiger partial charge in [0.15, 0.2) is 0 Å². The van der Waals surface area contributed by atoms with Gasteiger partial charge in [0.25, 0.3) is 0 Å². The summed E-state index contributed by atoms with van der Waals surface area (Å²) in [7, 11) is 0. The average molecular weight is 205 g/mol. The van der Waals surface area contributed by atoms with Crippen LogP contribution < -0.4 is 0 Å². The van der Waals surface area contributed by atoms with E-state index in [1.165, 1.54) is 0 Å². The molecule has 1 aromatic carbocycles. The molecule has 0 aromatic heterocycles. The van der Waals surface area contributed by atoms with E-state index in [-0.39, 0.29) is 31.9 Å². The third-order valence-corrected chi connectivity index (χ3v) is 1.41. The molecule has 0 heterocycles. The first kappa shape index (κ1) is 13.5. The van der Waals surface area contributed by atoms with Crippen LogP contribution in [-0.2, 0) is 4.74 Å². The molecule has 0 aliphatic heterocycles. The van der Waals surface area contributed by atoms with Crippen molar-refractivity contribution < 1.29 is 12.4 Å². The van der Waals surface area contributed by atoms with Crippen LogP contribution in [0, 0.1) is 0 Å². The summed E-state index contributed by atoms with van der Waals surface area (Å²) in [6, 6.07) is 8.99. The zero-order valence-electron chi connectivity index (χ0n) is 10.9. The number of benzene rings is 1. The number of hydrogen-bond donors (Lipinski definition) is 0. The maximum Gasteiger partial charge on any atom is 2.00 e. The van der Waals surface area contributed by atoms with Crippen LogP contribution in [-0.4, -0.2) is 34.6 Å². The molecule has 1 aromatic rings. The van der Waals surface area contributed by atoms with Gasteiger partial charge in [-0.05, 0) is 32.9 Å². The van der Waals surface area contributed by atoms with E-state index in [9.17, 15) is 4.79 Å². The zero-order chi connectivity index (χ0) is 9.90. The number of ether oxygens (including phenoxy) is 1. The quantitative estimate of drug-likeness (QED) is 0.519. The summed E-state index contributed by atoms with van der Waals surface area (Å²) in [5.41, 5.74) is 0.171. The largest absolute Gasteiger partial charge is 2.00 e. The fraction of sp³-hybridized carbons (Fsp3) is 0.364. The summed E-state index contributed by atoms with van der Waals surface area (Å²) in [5, 5.41) is 0. The van der Waals surface area contributed by atoms with E-state index in [2.05, 4.69) is 0 Å². The minimum absolute atomic E-state index is 0. The standard InChI is InChI=1S/C11H14O2.Mg.2H/c1-11(2,3)13-10(12)9-7-5-4-6-8-9;;;/h4-8H,1-3H3;;;/q;+2;2*-1. The van der Waals surface area contributed by atoms with Crippen molar-refractivity contribution in [2.75, 3.05) is 0 Å². The Hall–Kier alpha value is -0.544. The molecule has 0 fully saturated rings. The van der Waals surface area contributed by atoms with Gasteiger partial charge in [-0.2, -0.15) is 0 Å². The van der Waals surface area contributed by atoms with Gasteiger partial charge in [-0.15, -0.1) is 0 Å². The number of esters is 1. The predicted molar refractivity (Wildman–Crippen MR) is 59.6 cm³/mol. The van der Waals surface area contributed by atoms with Crippen molar-refractivity contribution in [1.82, 2.24) is 0 Å². The van der Waals surface area contributed by atoms with E-state index in [1.807, 2.05) is 39.0 Å². The molecule has 0 aliphatic carbocycles. The van der Waals surface area contributed by atoms with Crippen molar-refractivity contribution in [3.63, 3.8) is 0 Å². The Bertz CT molecular complexity index is 297. The molecule has 0 bridgehead atoms. The molecular formula is C11H16MgO2. The summed E-state index contributed by atoms with van der Waals surface area (Å²) >= 11 is 0. The molecular weight excluding hydrogens is 188 g/mol. The molecule has 0 saturated carbocycles. The van der Waals surface area contributed by atoms with Gasteiger partial charge in [-0.25, -0.2) is 4.79 Å². The third-order valence-electron chi connectivity index (χ3n) is 1.41.